The number of fused-ring (bicyclic) bond motifs is 2. The Labute approximate surface area is 220 Å². The van der Waals surface area contributed by atoms with Crippen molar-refractivity contribution in [2.75, 3.05) is 43.4 Å². The lowest BCUT2D eigenvalue weighted by Crippen LogP contribution is -2.44. The third kappa shape index (κ3) is 4.47. The summed E-state index contributed by atoms with van der Waals surface area (Å²) in [4.78, 5) is 34.4. The SMILES string of the molecule is CN1CCN(c2nccc3[nH]c(-c4[nH]nc5ncc(-c6cncc(NC(=O)C(C)(C)C)c6)cc45)cc23)CC1. The predicted molar refractivity (Wildman–Crippen MR) is 150 cm³/mol. The maximum atomic E-state index is 12.5. The maximum Gasteiger partial charge on any atom is 0.229 e. The second-order valence-corrected chi connectivity index (χ2v) is 10.9. The second kappa shape index (κ2) is 9.21. The number of amides is 1. The number of carbonyl (C=O) groups excluding carboxylic acids is 1. The molecular weight excluding hydrogens is 478 g/mol. The van der Waals surface area contributed by atoms with Crippen LogP contribution in [0.25, 0.3) is 44.5 Å². The van der Waals surface area contributed by atoms with Crippen LogP contribution in [0.15, 0.2) is 49.1 Å². The maximum absolute atomic E-state index is 12.5. The summed E-state index contributed by atoms with van der Waals surface area (Å²) in [5.74, 6) is 0.937. The number of carbonyl (C=O) groups is 1. The topological polar surface area (TPSA) is 119 Å². The molecule has 1 amide bonds. The van der Waals surface area contributed by atoms with Crippen LogP contribution in [0.2, 0.25) is 0 Å². The normalized spacial score (nSPS) is 14.9. The van der Waals surface area contributed by atoms with Crippen molar-refractivity contribution in [2.45, 2.75) is 20.8 Å². The number of hydrogen-bond acceptors (Lipinski definition) is 7. The zero-order chi connectivity index (χ0) is 26.4. The largest absolute Gasteiger partial charge is 0.353 e. The van der Waals surface area contributed by atoms with E-state index in [9.17, 15) is 4.79 Å². The summed E-state index contributed by atoms with van der Waals surface area (Å²) in [6, 6.07) is 8.11. The quantitative estimate of drug-likeness (QED) is 0.330. The number of nitrogens with one attached hydrogen (secondary N) is 3. The highest BCUT2D eigenvalue weighted by atomic mass is 16.2. The Morgan fingerprint density at radius 3 is 2.55 bits per heavy atom. The molecule has 5 aromatic rings. The molecule has 3 N–H and O–H groups in total. The lowest BCUT2D eigenvalue weighted by atomic mass is 9.95. The van der Waals surface area contributed by atoms with Crippen molar-refractivity contribution >= 4 is 39.3 Å². The van der Waals surface area contributed by atoms with Gasteiger partial charge >= 0.3 is 0 Å². The molecule has 1 aliphatic rings. The molecular formula is C28H31N9O. The van der Waals surface area contributed by atoms with Crippen LogP contribution in [0, 0.1) is 5.41 Å². The van der Waals surface area contributed by atoms with Crippen molar-refractivity contribution in [1.82, 2.24) is 35.0 Å². The van der Waals surface area contributed by atoms with Gasteiger partial charge in [0.2, 0.25) is 5.91 Å². The first-order chi connectivity index (χ1) is 18.3. The van der Waals surface area contributed by atoms with Gasteiger partial charge in [0.25, 0.3) is 0 Å². The lowest BCUT2D eigenvalue weighted by molar-refractivity contribution is -0.123. The molecule has 194 valence electrons. The van der Waals surface area contributed by atoms with Gasteiger partial charge in [-0.25, -0.2) is 9.97 Å². The molecule has 6 rings (SSSR count). The number of rotatable bonds is 4. The monoisotopic (exact) mass is 509 g/mol. The molecule has 0 atom stereocenters. The molecule has 0 aliphatic carbocycles. The minimum absolute atomic E-state index is 0.0635. The number of hydrogen-bond donors (Lipinski definition) is 3. The zero-order valence-corrected chi connectivity index (χ0v) is 22.0. The molecule has 10 nitrogen and oxygen atoms in total. The summed E-state index contributed by atoms with van der Waals surface area (Å²) in [5.41, 5.74) is 5.34. The van der Waals surface area contributed by atoms with E-state index >= 15 is 0 Å². The first kappa shape index (κ1) is 24.1. The number of H-pyrrole nitrogens is 2. The van der Waals surface area contributed by atoms with Crippen LogP contribution in [0.4, 0.5) is 11.5 Å². The van der Waals surface area contributed by atoms with E-state index in [1.807, 2.05) is 39.1 Å². The number of pyridine rings is 3. The number of likely N-dealkylation sites (N-methyl/N-ethyl adjacent to an activating group) is 1. The molecule has 1 saturated heterocycles. The molecule has 6 heterocycles. The van der Waals surface area contributed by atoms with Crippen LogP contribution in [-0.2, 0) is 4.79 Å². The third-order valence-corrected chi connectivity index (χ3v) is 7.02. The molecule has 38 heavy (non-hydrogen) atoms. The Kier molecular flexibility index (Phi) is 5.83. The molecule has 10 heteroatoms. The van der Waals surface area contributed by atoms with Gasteiger partial charge in [-0.15, -0.1) is 0 Å². The Bertz CT molecular complexity index is 1640. The summed E-state index contributed by atoms with van der Waals surface area (Å²) < 4.78 is 0. The molecule has 0 saturated carbocycles. The highest BCUT2D eigenvalue weighted by Gasteiger charge is 2.22. The highest BCUT2D eigenvalue weighted by molar-refractivity contribution is 5.99. The number of anilines is 2. The Morgan fingerprint density at radius 1 is 0.974 bits per heavy atom. The van der Waals surface area contributed by atoms with Gasteiger partial charge in [0.1, 0.15) is 5.82 Å². The predicted octanol–water partition coefficient (Wildman–Crippen LogP) is 4.30. The smallest absolute Gasteiger partial charge is 0.229 e. The fourth-order valence-corrected chi connectivity index (χ4v) is 4.69. The first-order valence-electron chi connectivity index (χ1n) is 12.8. The van der Waals surface area contributed by atoms with E-state index in [0.29, 0.717) is 11.3 Å². The first-order valence-corrected chi connectivity index (χ1v) is 12.8. The van der Waals surface area contributed by atoms with E-state index < -0.39 is 5.41 Å². The number of aromatic amines is 2. The molecule has 1 aliphatic heterocycles. The average Bonchev–Trinajstić information content (AvgIpc) is 3.52. The minimum Gasteiger partial charge on any atom is -0.353 e. The molecule has 0 bridgehead atoms. The second-order valence-electron chi connectivity index (χ2n) is 10.9. The van der Waals surface area contributed by atoms with Gasteiger partial charge in [-0.1, -0.05) is 20.8 Å². The van der Waals surface area contributed by atoms with Crippen LogP contribution in [0.1, 0.15) is 20.8 Å². The Balaban J connectivity index is 1.35. The number of nitrogens with zero attached hydrogens (tertiary/aromatic N) is 6. The van der Waals surface area contributed by atoms with Crippen molar-refractivity contribution in [3.8, 4) is 22.5 Å². The van der Waals surface area contributed by atoms with E-state index in [-0.39, 0.29) is 5.91 Å². The summed E-state index contributed by atoms with van der Waals surface area (Å²) >= 11 is 0. The summed E-state index contributed by atoms with van der Waals surface area (Å²) in [6.45, 7) is 9.58. The third-order valence-electron chi connectivity index (χ3n) is 7.02. The van der Waals surface area contributed by atoms with Crippen LogP contribution >= 0.6 is 0 Å². The number of aromatic nitrogens is 6. The molecule has 0 unspecified atom stereocenters. The fourth-order valence-electron chi connectivity index (χ4n) is 4.69. The fraction of sp³-hybridized carbons (Fsp3) is 0.321. The van der Waals surface area contributed by atoms with Gasteiger partial charge in [-0.2, -0.15) is 5.10 Å². The summed E-state index contributed by atoms with van der Waals surface area (Å²) in [5, 5.41) is 12.6. The van der Waals surface area contributed by atoms with E-state index in [0.717, 1.165) is 70.8 Å². The zero-order valence-electron chi connectivity index (χ0n) is 22.0. The van der Waals surface area contributed by atoms with Crippen LogP contribution < -0.4 is 10.2 Å². The van der Waals surface area contributed by atoms with E-state index in [1.54, 1.807) is 18.6 Å². The van der Waals surface area contributed by atoms with Crippen molar-refractivity contribution in [3.05, 3.63) is 49.1 Å². The van der Waals surface area contributed by atoms with E-state index in [2.05, 4.69) is 59.4 Å². The van der Waals surface area contributed by atoms with Crippen molar-refractivity contribution in [1.29, 1.82) is 0 Å². The van der Waals surface area contributed by atoms with Gasteiger partial charge in [-0.3, -0.25) is 14.9 Å². The van der Waals surface area contributed by atoms with Gasteiger partial charge < -0.3 is 20.1 Å². The van der Waals surface area contributed by atoms with Gasteiger partial charge in [-0.05, 0) is 31.3 Å². The molecule has 0 radical (unpaired) electrons. The minimum atomic E-state index is -0.499. The van der Waals surface area contributed by atoms with Crippen molar-refractivity contribution < 1.29 is 4.79 Å². The van der Waals surface area contributed by atoms with Crippen LogP contribution in [-0.4, -0.2) is 74.2 Å². The van der Waals surface area contributed by atoms with Gasteiger partial charge in [0.05, 0.1) is 28.8 Å². The van der Waals surface area contributed by atoms with Gasteiger partial charge in [0, 0.05) is 72.1 Å². The number of piperazine rings is 1. The van der Waals surface area contributed by atoms with Crippen molar-refractivity contribution in [2.24, 2.45) is 5.41 Å². The molecule has 0 aromatic carbocycles. The molecule has 1 fully saturated rings. The van der Waals surface area contributed by atoms with Crippen molar-refractivity contribution in [3.63, 3.8) is 0 Å². The standard InChI is InChI=1S/C28H31N9O/c1-28(2,3)27(38)32-19-11-17(14-29-16-19)18-12-21-24(34-35-25(21)31-15-18)23-13-20-22(33-23)5-6-30-26(20)37-9-7-36(4)8-10-37/h5-6,11-16,33H,7-10H2,1-4H3,(H,32,38)(H,31,34,35). The summed E-state index contributed by atoms with van der Waals surface area (Å²) in [7, 11) is 2.15. The van der Waals surface area contributed by atoms with Crippen LogP contribution in [0.3, 0.4) is 0 Å². The summed E-state index contributed by atoms with van der Waals surface area (Å²) in [6.07, 6.45) is 7.06. The highest BCUT2D eigenvalue weighted by Crippen LogP contribution is 2.34. The molecule has 5 aromatic heterocycles. The van der Waals surface area contributed by atoms with E-state index in [4.69, 9.17) is 4.98 Å². The average molecular weight is 510 g/mol. The van der Waals surface area contributed by atoms with Gasteiger partial charge in [0.15, 0.2) is 5.65 Å². The molecule has 0 spiro atoms. The Morgan fingerprint density at radius 2 is 1.76 bits per heavy atom. The van der Waals surface area contributed by atoms with E-state index in [1.165, 1.54) is 0 Å². The lowest BCUT2D eigenvalue weighted by Gasteiger charge is -2.33. The Hall–Kier alpha value is -4.31. The van der Waals surface area contributed by atoms with Crippen LogP contribution in [0.5, 0.6) is 0 Å².